The first kappa shape index (κ1) is 35.7. The fraction of sp³-hybridized carbons (Fsp3) is 0.0784. The van der Waals surface area contributed by atoms with Crippen LogP contribution in [0.1, 0.15) is 45.9 Å². The van der Waals surface area contributed by atoms with Crippen LogP contribution >= 0.6 is 0 Å². The fourth-order valence-electron chi connectivity index (χ4n) is 7.03. The van der Waals surface area contributed by atoms with Gasteiger partial charge in [0, 0.05) is 11.1 Å². The molecule has 0 N–H and O–H groups in total. The maximum atomic E-state index is 5.15. The molecule has 0 radical (unpaired) electrons. The van der Waals surface area contributed by atoms with E-state index in [1.165, 1.54) is 44.2 Å². The molecule has 262 valence electrons. The van der Waals surface area contributed by atoms with E-state index in [-0.39, 0.29) is 0 Å². The molecule has 0 bridgehead atoms. The fourth-order valence-corrected chi connectivity index (χ4v) is 7.03. The van der Waals surface area contributed by atoms with Gasteiger partial charge >= 0.3 is 0 Å². The SMILES string of the molecule is C=Cc1c(C)c(C)c(/C=C\C)c2cc(-c3cc(C(=NCc4ccccc4)N=C(N=C)c4ccccc4)cc(-c4ccc(-c5ccccc5)cc4)c3)ccc12. The molecule has 7 aromatic rings. The second kappa shape index (κ2) is 16.3. The Labute approximate surface area is 319 Å². The van der Waals surface area contributed by atoms with Crippen molar-refractivity contribution in [2.75, 3.05) is 0 Å². The molecule has 0 saturated carbocycles. The summed E-state index contributed by atoms with van der Waals surface area (Å²) in [5, 5.41) is 2.39. The first-order valence-corrected chi connectivity index (χ1v) is 18.3. The molecule has 0 heterocycles. The van der Waals surface area contributed by atoms with Crippen LogP contribution in [0.4, 0.5) is 0 Å². The summed E-state index contributed by atoms with van der Waals surface area (Å²) >= 11 is 0. The van der Waals surface area contributed by atoms with Crippen molar-refractivity contribution in [3.8, 4) is 33.4 Å². The van der Waals surface area contributed by atoms with Crippen molar-refractivity contribution >= 4 is 41.3 Å². The Bertz CT molecular complexity index is 2540. The van der Waals surface area contributed by atoms with E-state index in [4.69, 9.17) is 9.98 Å². The van der Waals surface area contributed by atoms with Gasteiger partial charge in [-0.3, -0.25) is 4.99 Å². The van der Waals surface area contributed by atoms with Gasteiger partial charge in [0.15, 0.2) is 11.7 Å². The van der Waals surface area contributed by atoms with Gasteiger partial charge in [-0.1, -0.05) is 152 Å². The van der Waals surface area contributed by atoms with Gasteiger partial charge in [0.05, 0.1) is 6.54 Å². The minimum Gasteiger partial charge on any atom is -0.261 e. The van der Waals surface area contributed by atoms with E-state index >= 15 is 0 Å². The molecule has 0 aliphatic carbocycles. The third kappa shape index (κ3) is 7.58. The van der Waals surface area contributed by atoms with Crippen LogP contribution in [-0.2, 0) is 6.54 Å². The number of hydrogen-bond donors (Lipinski definition) is 0. The van der Waals surface area contributed by atoms with Crippen LogP contribution in [0.15, 0.2) is 179 Å². The molecule has 7 rings (SSSR count). The number of rotatable bonds is 9. The Morgan fingerprint density at radius 1 is 0.537 bits per heavy atom. The largest absolute Gasteiger partial charge is 0.261 e. The molecule has 54 heavy (non-hydrogen) atoms. The van der Waals surface area contributed by atoms with Crippen LogP contribution in [0.5, 0.6) is 0 Å². The Balaban J connectivity index is 1.45. The second-order valence-electron chi connectivity index (χ2n) is 13.4. The van der Waals surface area contributed by atoms with Crippen LogP contribution in [-0.4, -0.2) is 18.4 Å². The maximum Gasteiger partial charge on any atom is 0.161 e. The lowest BCUT2D eigenvalue weighted by Gasteiger charge is -2.17. The van der Waals surface area contributed by atoms with Crippen LogP contribution in [0.25, 0.3) is 56.3 Å². The normalized spacial score (nSPS) is 12.0. The van der Waals surface area contributed by atoms with Gasteiger partial charge in [-0.05, 0) is 124 Å². The lowest BCUT2D eigenvalue weighted by molar-refractivity contribution is 1.06. The number of aliphatic imine (C=N–C) groups is 3. The summed E-state index contributed by atoms with van der Waals surface area (Å²) in [6, 6.07) is 52.9. The Kier molecular flexibility index (Phi) is 10.8. The Morgan fingerprint density at radius 2 is 1.09 bits per heavy atom. The number of benzene rings is 7. The van der Waals surface area contributed by atoms with Crippen LogP contribution in [0, 0.1) is 13.8 Å². The highest BCUT2D eigenvalue weighted by atomic mass is 15.0. The monoisotopic (exact) mass is 697 g/mol. The molecule has 3 heteroatoms. The van der Waals surface area contributed by atoms with Crippen LogP contribution in [0.2, 0.25) is 0 Å². The van der Waals surface area contributed by atoms with Gasteiger partial charge in [-0.15, -0.1) is 0 Å². The molecule has 7 aromatic carbocycles. The van der Waals surface area contributed by atoms with E-state index in [1.807, 2.05) is 60.7 Å². The smallest absolute Gasteiger partial charge is 0.161 e. The number of allylic oxidation sites excluding steroid dienone is 1. The topological polar surface area (TPSA) is 37.1 Å². The zero-order valence-corrected chi connectivity index (χ0v) is 31.1. The summed E-state index contributed by atoms with van der Waals surface area (Å²) in [6.45, 7) is 15.0. The van der Waals surface area contributed by atoms with E-state index in [1.54, 1.807) is 0 Å². The van der Waals surface area contributed by atoms with Gasteiger partial charge < -0.3 is 0 Å². The molecule has 0 aliphatic rings. The molecule has 0 unspecified atom stereocenters. The first-order chi connectivity index (χ1) is 26.5. The predicted molar refractivity (Wildman–Crippen MR) is 234 cm³/mol. The number of hydrogen-bond acceptors (Lipinski definition) is 1. The van der Waals surface area contributed by atoms with E-state index in [0.717, 1.165) is 38.9 Å². The molecule has 0 fully saturated rings. The standard InChI is InChI=1S/C51H43N3/c1-6-17-47-36(4)35(3)46(7-2)48-29-28-42(33-49(47)48)44-30-43(40-26-24-39(25-27-40)38-20-13-9-14-21-38)31-45(32-44)51(53-34-37-18-11-8-12-19-37)54-50(52-5)41-22-15-10-16-23-41/h6-33H,2,5,34H2,1,3-4H3/b17-6-,53-51?,54-50?. The zero-order valence-electron chi connectivity index (χ0n) is 31.1. The molecule has 0 spiro atoms. The lowest BCUT2D eigenvalue weighted by atomic mass is 9.87. The third-order valence-electron chi connectivity index (χ3n) is 10.0. The van der Waals surface area contributed by atoms with Crippen LogP contribution < -0.4 is 0 Å². The van der Waals surface area contributed by atoms with Gasteiger partial charge in [0.2, 0.25) is 0 Å². The maximum absolute atomic E-state index is 5.15. The first-order valence-electron chi connectivity index (χ1n) is 18.3. The average molecular weight is 698 g/mol. The number of fused-ring (bicyclic) bond motifs is 1. The Hall–Kier alpha value is -6.71. The third-order valence-corrected chi connectivity index (χ3v) is 10.0. The molecule has 0 amide bonds. The summed E-state index contributed by atoms with van der Waals surface area (Å²) in [5.41, 5.74) is 14.5. The zero-order chi connectivity index (χ0) is 37.4. The van der Waals surface area contributed by atoms with E-state index in [0.29, 0.717) is 18.2 Å². The van der Waals surface area contributed by atoms with Gasteiger partial charge in [0.25, 0.3) is 0 Å². The summed E-state index contributed by atoms with van der Waals surface area (Å²) in [6.07, 6.45) is 6.31. The van der Waals surface area contributed by atoms with Crippen molar-refractivity contribution in [1.29, 1.82) is 0 Å². The minimum absolute atomic E-state index is 0.468. The number of amidine groups is 2. The number of nitrogens with zero attached hydrogens (tertiary/aromatic N) is 3. The second-order valence-corrected chi connectivity index (χ2v) is 13.4. The van der Waals surface area contributed by atoms with Crippen molar-refractivity contribution < 1.29 is 0 Å². The Morgan fingerprint density at radius 3 is 1.72 bits per heavy atom. The summed E-state index contributed by atoms with van der Waals surface area (Å²) in [7, 11) is 0. The highest BCUT2D eigenvalue weighted by molar-refractivity contribution is 6.13. The summed E-state index contributed by atoms with van der Waals surface area (Å²) < 4.78 is 0. The van der Waals surface area contributed by atoms with Gasteiger partial charge in [0.1, 0.15) is 0 Å². The van der Waals surface area contributed by atoms with Crippen molar-refractivity contribution in [3.63, 3.8) is 0 Å². The van der Waals surface area contributed by atoms with Gasteiger partial charge in [-0.2, -0.15) is 0 Å². The lowest BCUT2D eigenvalue weighted by Crippen LogP contribution is -2.06. The molecule has 0 atom stereocenters. The van der Waals surface area contributed by atoms with E-state index in [2.05, 4.69) is 148 Å². The van der Waals surface area contributed by atoms with Crippen LogP contribution in [0.3, 0.4) is 0 Å². The quantitative estimate of drug-likeness (QED) is 0.106. The molecule has 3 nitrogen and oxygen atoms in total. The highest BCUT2D eigenvalue weighted by Crippen LogP contribution is 2.37. The van der Waals surface area contributed by atoms with Crippen molar-refractivity contribution in [2.24, 2.45) is 15.0 Å². The summed E-state index contributed by atoms with van der Waals surface area (Å²) in [5.74, 6) is 1.11. The molecule has 0 aromatic heterocycles. The van der Waals surface area contributed by atoms with Gasteiger partial charge in [-0.25, -0.2) is 9.98 Å². The van der Waals surface area contributed by atoms with Crippen molar-refractivity contribution in [3.05, 3.63) is 203 Å². The molecular weight excluding hydrogens is 655 g/mol. The van der Waals surface area contributed by atoms with Crippen molar-refractivity contribution in [2.45, 2.75) is 27.3 Å². The molecule has 0 saturated heterocycles. The average Bonchev–Trinajstić information content (AvgIpc) is 3.23. The minimum atomic E-state index is 0.468. The van der Waals surface area contributed by atoms with E-state index < -0.39 is 0 Å². The predicted octanol–water partition coefficient (Wildman–Crippen LogP) is 13.2. The van der Waals surface area contributed by atoms with E-state index in [9.17, 15) is 0 Å². The van der Waals surface area contributed by atoms with Crippen molar-refractivity contribution in [1.82, 2.24) is 0 Å². The molecule has 0 aliphatic heterocycles. The highest BCUT2D eigenvalue weighted by Gasteiger charge is 2.16. The molecular formula is C51H43N3. The summed E-state index contributed by atoms with van der Waals surface area (Å²) in [4.78, 5) is 14.7.